The molecular weight excluding hydrogens is 164 g/mol. The molecule has 2 rings (SSSR count). The molecule has 0 atom stereocenters. The summed E-state index contributed by atoms with van der Waals surface area (Å²) >= 11 is 0. The summed E-state index contributed by atoms with van der Waals surface area (Å²) < 4.78 is 0. The molecule has 0 spiro atoms. The van der Waals surface area contributed by atoms with Gasteiger partial charge in [0.2, 0.25) is 5.95 Å². The van der Waals surface area contributed by atoms with E-state index in [1.165, 1.54) is 12.8 Å². The van der Waals surface area contributed by atoms with Crippen LogP contribution >= 0.6 is 0 Å². The first kappa shape index (κ1) is 8.44. The van der Waals surface area contributed by atoms with Crippen LogP contribution in [0.2, 0.25) is 0 Å². The van der Waals surface area contributed by atoms with E-state index in [9.17, 15) is 0 Å². The topological polar surface area (TPSA) is 63.8 Å². The van der Waals surface area contributed by atoms with Crippen LogP contribution in [0.3, 0.4) is 0 Å². The third-order valence-corrected chi connectivity index (χ3v) is 2.26. The Morgan fingerprint density at radius 3 is 3.00 bits per heavy atom. The number of nitrogens with one attached hydrogen (secondary N) is 1. The molecule has 0 aliphatic heterocycles. The Bertz CT molecular complexity index is 306. The molecule has 0 aromatic carbocycles. The van der Waals surface area contributed by atoms with Gasteiger partial charge in [0, 0.05) is 30.0 Å². The van der Waals surface area contributed by atoms with E-state index in [0.717, 1.165) is 23.8 Å². The first-order valence-electron chi connectivity index (χ1n) is 4.57. The first-order chi connectivity index (χ1) is 6.25. The molecule has 1 fully saturated rings. The molecular formula is C9H14N4. The smallest absolute Gasteiger partial charge is 0.220 e. The summed E-state index contributed by atoms with van der Waals surface area (Å²) in [5.41, 5.74) is 7.57. The number of nitrogen functional groups attached to an aromatic ring is 1. The SMILES string of the molecule is Cc1nc(N)ncc1CNC1CC1. The summed E-state index contributed by atoms with van der Waals surface area (Å²) in [5, 5.41) is 3.41. The second-order valence-corrected chi connectivity index (χ2v) is 3.49. The normalized spacial score (nSPS) is 16.1. The predicted molar refractivity (Wildman–Crippen MR) is 51.0 cm³/mol. The Hall–Kier alpha value is -1.16. The lowest BCUT2D eigenvalue weighted by molar-refractivity contribution is 0.680. The molecule has 0 unspecified atom stereocenters. The predicted octanol–water partition coefficient (Wildman–Crippen LogP) is 0.619. The fourth-order valence-electron chi connectivity index (χ4n) is 1.23. The average Bonchev–Trinajstić information content (AvgIpc) is 2.86. The molecule has 0 amide bonds. The van der Waals surface area contributed by atoms with Crippen LogP contribution in [0.1, 0.15) is 24.1 Å². The highest BCUT2D eigenvalue weighted by Crippen LogP contribution is 2.19. The highest BCUT2D eigenvalue weighted by Gasteiger charge is 2.20. The van der Waals surface area contributed by atoms with Gasteiger partial charge in [-0.1, -0.05) is 0 Å². The summed E-state index contributed by atoms with van der Waals surface area (Å²) in [4.78, 5) is 8.06. The van der Waals surface area contributed by atoms with Gasteiger partial charge in [-0.05, 0) is 19.8 Å². The molecule has 3 N–H and O–H groups in total. The Morgan fingerprint density at radius 2 is 2.38 bits per heavy atom. The van der Waals surface area contributed by atoms with Crippen LogP contribution < -0.4 is 11.1 Å². The average molecular weight is 178 g/mol. The number of rotatable bonds is 3. The molecule has 1 heterocycles. The first-order valence-corrected chi connectivity index (χ1v) is 4.57. The fourth-order valence-corrected chi connectivity index (χ4v) is 1.23. The Morgan fingerprint density at radius 1 is 1.62 bits per heavy atom. The van der Waals surface area contributed by atoms with Gasteiger partial charge in [-0.2, -0.15) is 0 Å². The van der Waals surface area contributed by atoms with Crippen molar-refractivity contribution >= 4 is 5.95 Å². The molecule has 13 heavy (non-hydrogen) atoms. The van der Waals surface area contributed by atoms with Gasteiger partial charge in [0.05, 0.1) is 0 Å². The van der Waals surface area contributed by atoms with Crippen molar-refractivity contribution in [3.63, 3.8) is 0 Å². The van der Waals surface area contributed by atoms with Crippen LogP contribution in [0, 0.1) is 6.92 Å². The van der Waals surface area contributed by atoms with E-state index >= 15 is 0 Å². The Balaban J connectivity index is 2.01. The number of nitrogens with two attached hydrogens (primary N) is 1. The van der Waals surface area contributed by atoms with E-state index in [-0.39, 0.29) is 0 Å². The summed E-state index contributed by atoms with van der Waals surface area (Å²) in [5.74, 6) is 0.354. The third kappa shape index (κ3) is 2.15. The van der Waals surface area contributed by atoms with E-state index in [0.29, 0.717) is 5.95 Å². The van der Waals surface area contributed by atoms with Gasteiger partial charge in [-0.15, -0.1) is 0 Å². The fraction of sp³-hybridized carbons (Fsp3) is 0.556. The summed E-state index contributed by atoms with van der Waals surface area (Å²) in [7, 11) is 0. The molecule has 1 aliphatic rings. The van der Waals surface area contributed by atoms with Gasteiger partial charge < -0.3 is 11.1 Å². The van der Waals surface area contributed by atoms with Crippen molar-refractivity contribution in [2.45, 2.75) is 32.4 Å². The lowest BCUT2D eigenvalue weighted by Crippen LogP contribution is -2.17. The second-order valence-electron chi connectivity index (χ2n) is 3.49. The van der Waals surface area contributed by atoms with Gasteiger partial charge >= 0.3 is 0 Å². The van der Waals surface area contributed by atoms with Crippen molar-refractivity contribution in [1.82, 2.24) is 15.3 Å². The van der Waals surface area contributed by atoms with Gasteiger partial charge in [-0.3, -0.25) is 0 Å². The van der Waals surface area contributed by atoms with Gasteiger partial charge in [0.25, 0.3) is 0 Å². The van der Waals surface area contributed by atoms with Crippen LogP contribution in [-0.4, -0.2) is 16.0 Å². The number of nitrogens with zero attached hydrogens (tertiary/aromatic N) is 2. The molecule has 0 radical (unpaired) electrons. The van der Waals surface area contributed by atoms with Crippen molar-refractivity contribution in [1.29, 1.82) is 0 Å². The maximum atomic E-state index is 5.45. The highest BCUT2D eigenvalue weighted by molar-refractivity contribution is 5.24. The number of aryl methyl sites for hydroxylation is 1. The lowest BCUT2D eigenvalue weighted by atomic mass is 10.2. The van der Waals surface area contributed by atoms with E-state index < -0.39 is 0 Å². The maximum absolute atomic E-state index is 5.45. The highest BCUT2D eigenvalue weighted by atomic mass is 15.0. The van der Waals surface area contributed by atoms with Gasteiger partial charge in [-0.25, -0.2) is 9.97 Å². The Labute approximate surface area is 77.6 Å². The zero-order valence-electron chi connectivity index (χ0n) is 7.75. The van der Waals surface area contributed by atoms with Crippen molar-refractivity contribution < 1.29 is 0 Å². The summed E-state index contributed by atoms with van der Waals surface area (Å²) in [6.07, 6.45) is 4.40. The van der Waals surface area contributed by atoms with E-state index in [1.807, 2.05) is 6.92 Å². The van der Waals surface area contributed by atoms with Crippen molar-refractivity contribution in [3.8, 4) is 0 Å². The molecule has 1 aliphatic carbocycles. The minimum atomic E-state index is 0.354. The van der Waals surface area contributed by atoms with Crippen LogP contribution in [-0.2, 0) is 6.54 Å². The quantitative estimate of drug-likeness (QED) is 0.712. The lowest BCUT2D eigenvalue weighted by Gasteiger charge is -2.05. The monoisotopic (exact) mass is 178 g/mol. The molecule has 0 bridgehead atoms. The maximum Gasteiger partial charge on any atom is 0.220 e. The van der Waals surface area contributed by atoms with Crippen LogP contribution in [0.15, 0.2) is 6.20 Å². The molecule has 1 aromatic rings. The molecule has 1 saturated carbocycles. The standard InChI is InChI=1S/C9H14N4/c1-6-7(4-11-8-2-3-8)5-12-9(10)13-6/h5,8,11H,2-4H2,1H3,(H2,10,12,13). The summed E-state index contributed by atoms with van der Waals surface area (Å²) in [6.45, 7) is 2.82. The zero-order chi connectivity index (χ0) is 9.26. The third-order valence-electron chi connectivity index (χ3n) is 2.26. The largest absolute Gasteiger partial charge is 0.368 e. The van der Waals surface area contributed by atoms with E-state index in [2.05, 4.69) is 15.3 Å². The molecule has 4 heteroatoms. The van der Waals surface area contributed by atoms with Gasteiger partial charge in [0.15, 0.2) is 0 Å². The zero-order valence-corrected chi connectivity index (χ0v) is 7.75. The van der Waals surface area contributed by atoms with Crippen LogP contribution in [0.4, 0.5) is 5.95 Å². The number of hydrogen-bond acceptors (Lipinski definition) is 4. The molecule has 70 valence electrons. The summed E-state index contributed by atoms with van der Waals surface area (Å²) in [6, 6.07) is 0.719. The van der Waals surface area contributed by atoms with E-state index in [1.54, 1.807) is 6.20 Å². The van der Waals surface area contributed by atoms with Crippen LogP contribution in [0.5, 0.6) is 0 Å². The minimum absolute atomic E-state index is 0.354. The minimum Gasteiger partial charge on any atom is -0.368 e. The second kappa shape index (κ2) is 3.30. The molecule has 0 saturated heterocycles. The van der Waals surface area contributed by atoms with Gasteiger partial charge in [0.1, 0.15) is 0 Å². The van der Waals surface area contributed by atoms with Crippen molar-refractivity contribution in [3.05, 3.63) is 17.5 Å². The van der Waals surface area contributed by atoms with Crippen LogP contribution in [0.25, 0.3) is 0 Å². The number of aromatic nitrogens is 2. The Kier molecular flexibility index (Phi) is 2.14. The number of hydrogen-bond donors (Lipinski definition) is 2. The van der Waals surface area contributed by atoms with E-state index in [4.69, 9.17) is 5.73 Å². The van der Waals surface area contributed by atoms with Crippen molar-refractivity contribution in [2.75, 3.05) is 5.73 Å². The molecule has 1 aromatic heterocycles. The van der Waals surface area contributed by atoms with Crippen molar-refractivity contribution in [2.24, 2.45) is 0 Å². The molecule has 4 nitrogen and oxygen atoms in total. The number of anilines is 1.